The van der Waals surface area contributed by atoms with Gasteiger partial charge in [-0.2, -0.15) is 0 Å². The number of carbonyl (C=O) groups is 2. The van der Waals surface area contributed by atoms with Crippen molar-refractivity contribution in [2.24, 2.45) is 0 Å². The summed E-state index contributed by atoms with van der Waals surface area (Å²) in [5, 5.41) is 3.83. The highest BCUT2D eigenvalue weighted by Gasteiger charge is 2.30. The summed E-state index contributed by atoms with van der Waals surface area (Å²) in [6.07, 6.45) is 2.41. The van der Waals surface area contributed by atoms with Crippen LogP contribution >= 0.6 is 23.4 Å². The highest BCUT2D eigenvalue weighted by molar-refractivity contribution is 7.99. The molecule has 0 unspecified atom stereocenters. The fraction of sp³-hybridized carbons (Fsp3) is 0.333. The van der Waals surface area contributed by atoms with Gasteiger partial charge in [0.05, 0.1) is 0 Å². The van der Waals surface area contributed by atoms with Crippen molar-refractivity contribution in [3.8, 4) is 0 Å². The molecule has 6 heteroatoms. The quantitative estimate of drug-likeness (QED) is 0.199. The second-order valence-corrected chi connectivity index (χ2v) is 10.5. The number of amides is 2. The van der Waals surface area contributed by atoms with E-state index in [-0.39, 0.29) is 17.9 Å². The van der Waals surface area contributed by atoms with Crippen LogP contribution in [0.25, 0.3) is 0 Å². The van der Waals surface area contributed by atoms with Crippen LogP contribution < -0.4 is 5.32 Å². The van der Waals surface area contributed by atoms with Gasteiger partial charge in [0.15, 0.2) is 0 Å². The average molecular weight is 523 g/mol. The molecule has 36 heavy (non-hydrogen) atoms. The number of carbonyl (C=O) groups excluding carboxylic acids is 2. The topological polar surface area (TPSA) is 49.4 Å². The molecule has 0 spiro atoms. The van der Waals surface area contributed by atoms with Crippen LogP contribution in [0.2, 0.25) is 5.02 Å². The summed E-state index contributed by atoms with van der Waals surface area (Å²) >= 11 is 7.68. The first-order chi connectivity index (χ1) is 17.5. The number of halogens is 1. The molecule has 2 amide bonds. The van der Waals surface area contributed by atoms with Gasteiger partial charge in [0, 0.05) is 35.3 Å². The lowest BCUT2D eigenvalue weighted by molar-refractivity contribution is -0.141. The molecule has 0 bridgehead atoms. The maximum Gasteiger partial charge on any atom is 0.243 e. The molecule has 1 N–H and O–H groups in total. The van der Waals surface area contributed by atoms with Gasteiger partial charge in [-0.1, -0.05) is 79.2 Å². The highest BCUT2D eigenvalue weighted by atomic mass is 35.5. The van der Waals surface area contributed by atoms with Gasteiger partial charge >= 0.3 is 0 Å². The normalized spacial score (nSPS) is 12.5. The molecular formula is C30H35ClN2O2S. The number of benzene rings is 3. The largest absolute Gasteiger partial charge is 0.352 e. The maximum absolute atomic E-state index is 13.6. The molecule has 190 valence electrons. The SMILES string of the molecule is CC[C@H](C)NC(=O)[C@H](Cc1ccccc1)N(Cc1ccccc1)C(=O)CCCSc1ccc(Cl)cc1. The summed E-state index contributed by atoms with van der Waals surface area (Å²) < 4.78 is 0. The predicted octanol–water partition coefficient (Wildman–Crippen LogP) is 6.77. The monoisotopic (exact) mass is 522 g/mol. The van der Waals surface area contributed by atoms with Crippen LogP contribution in [0.15, 0.2) is 89.8 Å². The third kappa shape index (κ3) is 9.03. The predicted molar refractivity (Wildman–Crippen MR) is 150 cm³/mol. The molecule has 2 atom stereocenters. The Morgan fingerprint density at radius 1 is 0.917 bits per heavy atom. The van der Waals surface area contributed by atoms with E-state index in [0.29, 0.717) is 24.4 Å². The fourth-order valence-electron chi connectivity index (χ4n) is 3.86. The molecule has 0 heterocycles. The molecule has 0 fully saturated rings. The van der Waals surface area contributed by atoms with Crippen LogP contribution in [0.3, 0.4) is 0 Å². The van der Waals surface area contributed by atoms with Crippen molar-refractivity contribution in [3.05, 3.63) is 101 Å². The Morgan fingerprint density at radius 3 is 2.14 bits per heavy atom. The number of nitrogens with zero attached hydrogens (tertiary/aromatic N) is 1. The Hall–Kier alpha value is -2.76. The fourth-order valence-corrected chi connectivity index (χ4v) is 4.84. The van der Waals surface area contributed by atoms with Gasteiger partial charge in [0.25, 0.3) is 0 Å². The Kier molecular flexibility index (Phi) is 11.4. The molecule has 0 radical (unpaired) electrons. The van der Waals surface area contributed by atoms with Gasteiger partial charge in [-0.3, -0.25) is 9.59 Å². The van der Waals surface area contributed by atoms with Crippen molar-refractivity contribution >= 4 is 35.2 Å². The van der Waals surface area contributed by atoms with E-state index < -0.39 is 6.04 Å². The van der Waals surface area contributed by atoms with Crippen LogP contribution in [0.5, 0.6) is 0 Å². The van der Waals surface area contributed by atoms with E-state index in [2.05, 4.69) is 5.32 Å². The number of hydrogen-bond acceptors (Lipinski definition) is 3. The number of thioether (sulfide) groups is 1. The number of hydrogen-bond donors (Lipinski definition) is 1. The molecule has 0 aliphatic rings. The van der Waals surface area contributed by atoms with Crippen molar-refractivity contribution in [2.75, 3.05) is 5.75 Å². The summed E-state index contributed by atoms with van der Waals surface area (Å²) in [7, 11) is 0. The van der Waals surface area contributed by atoms with Crippen molar-refractivity contribution in [1.29, 1.82) is 0 Å². The Balaban J connectivity index is 1.76. The Labute approximate surface area is 224 Å². The summed E-state index contributed by atoms with van der Waals surface area (Å²) in [6, 6.07) is 27.0. The van der Waals surface area contributed by atoms with Crippen molar-refractivity contribution in [3.63, 3.8) is 0 Å². The molecule has 0 aliphatic carbocycles. The Morgan fingerprint density at radius 2 is 1.53 bits per heavy atom. The lowest BCUT2D eigenvalue weighted by Gasteiger charge is -2.32. The zero-order valence-corrected chi connectivity index (χ0v) is 22.6. The zero-order valence-electron chi connectivity index (χ0n) is 21.0. The van der Waals surface area contributed by atoms with E-state index in [1.807, 2.05) is 98.8 Å². The molecule has 3 rings (SSSR count). The van der Waals surface area contributed by atoms with Crippen molar-refractivity contribution in [2.45, 2.75) is 63.1 Å². The van der Waals surface area contributed by atoms with E-state index in [1.165, 1.54) is 0 Å². The second kappa shape index (κ2) is 14.7. The van der Waals surface area contributed by atoms with Crippen LogP contribution in [0.4, 0.5) is 0 Å². The first-order valence-electron chi connectivity index (χ1n) is 12.5. The number of nitrogens with one attached hydrogen (secondary N) is 1. The molecule has 0 aromatic heterocycles. The third-order valence-corrected chi connectivity index (χ3v) is 7.44. The van der Waals surface area contributed by atoms with E-state index in [0.717, 1.165) is 34.6 Å². The summed E-state index contributed by atoms with van der Waals surface area (Å²) in [5.74, 6) is 0.707. The maximum atomic E-state index is 13.6. The Bertz CT molecular complexity index is 1080. The van der Waals surface area contributed by atoms with E-state index in [9.17, 15) is 9.59 Å². The van der Waals surface area contributed by atoms with E-state index >= 15 is 0 Å². The van der Waals surface area contributed by atoms with Crippen LogP contribution in [0.1, 0.15) is 44.2 Å². The zero-order chi connectivity index (χ0) is 25.8. The van der Waals surface area contributed by atoms with Crippen LogP contribution in [0, 0.1) is 0 Å². The first-order valence-corrected chi connectivity index (χ1v) is 13.9. The minimum atomic E-state index is -0.585. The van der Waals surface area contributed by atoms with Crippen LogP contribution in [-0.4, -0.2) is 34.6 Å². The summed E-state index contributed by atoms with van der Waals surface area (Å²) in [4.78, 5) is 30.0. The second-order valence-electron chi connectivity index (χ2n) is 8.94. The van der Waals surface area contributed by atoms with E-state index in [1.54, 1.807) is 16.7 Å². The lowest BCUT2D eigenvalue weighted by Crippen LogP contribution is -2.52. The van der Waals surface area contributed by atoms with E-state index in [4.69, 9.17) is 11.6 Å². The van der Waals surface area contributed by atoms with Gasteiger partial charge in [0.1, 0.15) is 6.04 Å². The van der Waals surface area contributed by atoms with Crippen molar-refractivity contribution in [1.82, 2.24) is 10.2 Å². The van der Waals surface area contributed by atoms with Gasteiger partial charge in [0.2, 0.25) is 11.8 Å². The molecule has 3 aromatic rings. The molecule has 4 nitrogen and oxygen atoms in total. The minimum Gasteiger partial charge on any atom is -0.352 e. The summed E-state index contributed by atoms with van der Waals surface area (Å²) in [5.41, 5.74) is 2.04. The number of rotatable bonds is 13. The van der Waals surface area contributed by atoms with Crippen LogP contribution in [-0.2, 0) is 22.6 Å². The minimum absolute atomic E-state index is 0.00390. The standard InChI is InChI=1S/C30H35ClN2O2S/c1-3-23(2)32-30(35)28(21-24-11-6-4-7-12-24)33(22-25-13-8-5-9-14-25)29(34)15-10-20-36-27-18-16-26(31)17-19-27/h4-9,11-14,16-19,23,28H,3,10,15,20-22H2,1-2H3,(H,32,35)/t23-,28-/m0/s1. The summed E-state index contributed by atoms with van der Waals surface area (Å²) in [6.45, 7) is 4.44. The van der Waals surface area contributed by atoms with Crippen molar-refractivity contribution < 1.29 is 9.59 Å². The van der Waals surface area contributed by atoms with Gasteiger partial charge in [-0.25, -0.2) is 0 Å². The van der Waals surface area contributed by atoms with Gasteiger partial charge in [-0.15, -0.1) is 11.8 Å². The smallest absolute Gasteiger partial charge is 0.243 e. The average Bonchev–Trinajstić information content (AvgIpc) is 2.90. The third-order valence-electron chi connectivity index (χ3n) is 6.09. The lowest BCUT2D eigenvalue weighted by atomic mass is 10.0. The first kappa shape index (κ1) is 27.8. The molecule has 3 aromatic carbocycles. The van der Waals surface area contributed by atoms with Gasteiger partial charge < -0.3 is 10.2 Å². The molecule has 0 saturated carbocycles. The molecule has 0 saturated heterocycles. The van der Waals surface area contributed by atoms with Gasteiger partial charge in [-0.05, 0) is 60.9 Å². The molecular weight excluding hydrogens is 488 g/mol. The molecule has 0 aliphatic heterocycles. The highest BCUT2D eigenvalue weighted by Crippen LogP contribution is 2.22.